The minimum atomic E-state index is -0.924. The predicted molar refractivity (Wildman–Crippen MR) is 137 cm³/mol. The lowest BCUT2D eigenvalue weighted by molar-refractivity contribution is -0.124. The maximum atomic E-state index is 13.2. The van der Waals surface area contributed by atoms with E-state index in [1.165, 1.54) is 4.90 Å². The van der Waals surface area contributed by atoms with Crippen molar-refractivity contribution in [3.63, 3.8) is 0 Å². The summed E-state index contributed by atoms with van der Waals surface area (Å²) in [6.07, 6.45) is 1.16. The van der Waals surface area contributed by atoms with E-state index in [0.717, 1.165) is 15.7 Å². The molecule has 3 aromatic rings. The standard InChI is InChI=1S/C27H25BrN4O3/c28-20-8-6-19(7-9-20)27(35)14-16-31(17-15-27)24-18-25(33)32(26(24)34)23-12-10-22(11-13-23)30-29-21-4-2-1-3-5-21/h1-13,24,35H,14-18H2/t24-/m1/s1. The Morgan fingerprint density at radius 2 is 1.43 bits per heavy atom. The van der Waals surface area contributed by atoms with Gasteiger partial charge in [-0.3, -0.25) is 14.5 Å². The second kappa shape index (κ2) is 9.81. The first-order valence-corrected chi connectivity index (χ1v) is 12.4. The van der Waals surface area contributed by atoms with Gasteiger partial charge in [-0.15, -0.1) is 0 Å². The zero-order valence-corrected chi connectivity index (χ0v) is 20.6. The molecule has 178 valence electrons. The lowest BCUT2D eigenvalue weighted by Gasteiger charge is -2.40. The second-order valence-electron chi connectivity index (χ2n) is 8.91. The summed E-state index contributed by atoms with van der Waals surface area (Å²) in [6, 6.07) is 23.5. The first-order valence-electron chi connectivity index (χ1n) is 11.6. The summed E-state index contributed by atoms with van der Waals surface area (Å²) in [7, 11) is 0. The van der Waals surface area contributed by atoms with Crippen LogP contribution in [0.15, 0.2) is 93.6 Å². The van der Waals surface area contributed by atoms with Gasteiger partial charge in [-0.1, -0.05) is 46.3 Å². The van der Waals surface area contributed by atoms with Crippen LogP contribution in [0.2, 0.25) is 0 Å². The highest BCUT2D eigenvalue weighted by molar-refractivity contribution is 9.10. The molecule has 2 aliphatic rings. The van der Waals surface area contributed by atoms with E-state index in [0.29, 0.717) is 37.3 Å². The molecule has 1 N–H and O–H groups in total. The van der Waals surface area contributed by atoms with Crippen molar-refractivity contribution in [2.75, 3.05) is 18.0 Å². The lowest BCUT2D eigenvalue weighted by atomic mass is 9.84. The van der Waals surface area contributed by atoms with Gasteiger partial charge in [0.15, 0.2) is 0 Å². The molecule has 2 fully saturated rings. The van der Waals surface area contributed by atoms with E-state index in [2.05, 4.69) is 26.2 Å². The molecule has 5 rings (SSSR count). The Hall–Kier alpha value is -3.20. The molecule has 0 spiro atoms. The first-order chi connectivity index (χ1) is 16.9. The molecule has 3 aromatic carbocycles. The zero-order valence-electron chi connectivity index (χ0n) is 19.0. The number of imide groups is 1. The number of hydrogen-bond donors (Lipinski definition) is 1. The topological polar surface area (TPSA) is 85.6 Å². The van der Waals surface area contributed by atoms with Gasteiger partial charge < -0.3 is 5.11 Å². The molecule has 2 heterocycles. The van der Waals surface area contributed by atoms with E-state index in [1.807, 2.05) is 59.5 Å². The van der Waals surface area contributed by atoms with Gasteiger partial charge in [-0.05, 0) is 66.9 Å². The minimum Gasteiger partial charge on any atom is -0.385 e. The maximum Gasteiger partial charge on any atom is 0.251 e. The van der Waals surface area contributed by atoms with Gasteiger partial charge in [0.25, 0.3) is 5.91 Å². The third-order valence-corrected chi connectivity index (χ3v) is 7.24. The summed E-state index contributed by atoms with van der Waals surface area (Å²) in [5, 5.41) is 19.6. The van der Waals surface area contributed by atoms with Crippen molar-refractivity contribution in [2.24, 2.45) is 10.2 Å². The average Bonchev–Trinajstić information content (AvgIpc) is 3.18. The van der Waals surface area contributed by atoms with Gasteiger partial charge in [0, 0.05) is 17.6 Å². The third-order valence-electron chi connectivity index (χ3n) is 6.72. The number of nitrogens with zero attached hydrogens (tertiary/aromatic N) is 4. The lowest BCUT2D eigenvalue weighted by Crippen LogP contribution is -2.49. The number of benzene rings is 3. The van der Waals surface area contributed by atoms with Gasteiger partial charge in [0.2, 0.25) is 5.91 Å². The highest BCUT2D eigenvalue weighted by atomic mass is 79.9. The number of piperidine rings is 1. The number of anilines is 1. The molecular formula is C27H25BrN4O3. The molecule has 1 atom stereocenters. The van der Waals surface area contributed by atoms with Gasteiger partial charge in [-0.2, -0.15) is 10.2 Å². The maximum absolute atomic E-state index is 13.2. The van der Waals surface area contributed by atoms with Crippen molar-refractivity contribution in [3.8, 4) is 0 Å². The van der Waals surface area contributed by atoms with Crippen molar-refractivity contribution in [3.05, 3.63) is 88.9 Å². The van der Waals surface area contributed by atoms with Crippen LogP contribution in [0.25, 0.3) is 0 Å². The normalized spacial score (nSPS) is 20.6. The molecule has 2 aliphatic heterocycles. The van der Waals surface area contributed by atoms with E-state index >= 15 is 0 Å². The number of amides is 2. The van der Waals surface area contributed by atoms with Crippen molar-refractivity contribution in [1.29, 1.82) is 0 Å². The van der Waals surface area contributed by atoms with Crippen molar-refractivity contribution < 1.29 is 14.7 Å². The largest absolute Gasteiger partial charge is 0.385 e. The second-order valence-corrected chi connectivity index (χ2v) is 9.83. The van der Waals surface area contributed by atoms with Crippen molar-refractivity contribution in [2.45, 2.75) is 30.9 Å². The Bertz CT molecular complexity index is 1240. The summed E-state index contributed by atoms with van der Waals surface area (Å²) in [5.41, 5.74) is 1.87. The molecule has 2 amide bonds. The van der Waals surface area contributed by atoms with Crippen LogP contribution in [-0.4, -0.2) is 41.0 Å². The number of aliphatic hydroxyl groups is 1. The number of halogens is 1. The molecular weight excluding hydrogens is 508 g/mol. The number of likely N-dealkylation sites (tertiary alicyclic amines) is 1. The molecule has 2 saturated heterocycles. The zero-order chi connectivity index (χ0) is 24.4. The first kappa shape index (κ1) is 23.5. The van der Waals surface area contributed by atoms with Gasteiger partial charge >= 0.3 is 0 Å². The Morgan fingerprint density at radius 3 is 2.06 bits per heavy atom. The van der Waals surface area contributed by atoms with E-state index in [-0.39, 0.29) is 18.2 Å². The van der Waals surface area contributed by atoms with E-state index < -0.39 is 11.6 Å². The molecule has 7 nitrogen and oxygen atoms in total. The monoisotopic (exact) mass is 532 g/mol. The number of rotatable bonds is 5. The average molecular weight is 533 g/mol. The Morgan fingerprint density at radius 1 is 0.829 bits per heavy atom. The predicted octanol–water partition coefficient (Wildman–Crippen LogP) is 5.48. The highest BCUT2D eigenvalue weighted by Crippen LogP contribution is 2.36. The molecule has 0 unspecified atom stereocenters. The van der Waals surface area contributed by atoms with Crippen molar-refractivity contribution >= 4 is 44.8 Å². The summed E-state index contributed by atoms with van der Waals surface area (Å²) in [6.45, 7) is 1.09. The fourth-order valence-electron chi connectivity index (χ4n) is 4.71. The minimum absolute atomic E-state index is 0.144. The van der Waals surface area contributed by atoms with E-state index in [4.69, 9.17) is 0 Å². The smallest absolute Gasteiger partial charge is 0.251 e. The Labute approximate surface area is 212 Å². The van der Waals surface area contributed by atoms with E-state index in [9.17, 15) is 14.7 Å². The number of azo groups is 1. The summed E-state index contributed by atoms with van der Waals surface area (Å²) >= 11 is 3.43. The van der Waals surface area contributed by atoms with Crippen LogP contribution < -0.4 is 4.90 Å². The molecule has 0 bridgehead atoms. The summed E-state index contributed by atoms with van der Waals surface area (Å²) < 4.78 is 0.963. The molecule has 0 saturated carbocycles. The SMILES string of the molecule is O=C1C[C@@H](N2CCC(O)(c3ccc(Br)cc3)CC2)C(=O)N1c1ccc(N=Nc2ccccc2)cc1. The third kappa shape index (κ3) is 4.96. The molecule has 8 heteroatoms. The van der Waals surface area contributed by atoms with Crippen molar-refractivity contribution in [1.82, 2.24) is 4.90 Å². The number of carbonyl (C=O) groups is 2. The Kier molecular flexibility index (Phi) is 6.60. The quantitative estimate of drug-likeness (QED) is 0.348. The van der Waals surface area contributed by atoms with Gasteiger partial charge in [0.05, 0.1) is 35.1 Å². The van der Waals surface area contributed by atoms with Crippen LogP contribution in [0, 0.1) is 0 Å². The molecule has 35 heavy (non-hydrogen) atoms. The molecule has 0 aromatic heterocycles. The van der Waals surface area contributed by atoms with Crippen LogP contribution in [-0.2, 0) is 15.2 Å². The van der Waals surface area contributed by atoms with Crippen LogP contribution in [0.3, 0.4) is 0 Å². The van der Waals surface area contributed by atoms with Crippen LogP contribution >= 0.6 is 15.9 Å². The number of hydrogen-bond acceptors (Lipinski definition) is 6. The molecule has 0 radical (unpaired) electrons. The number of carbonyl (C=O) groups excluding carboxylic acids is 2. The van der Waals surface area contributed by atoms with Crippen LogP contribution in [0.4, 0.5) is 17.1 Å². The molecule has 0 aliphatic carbocycles. The van der Waals surface area contributed by atoms with Gasteiger partial charge in [-0.25, -0.2) is 4.90 Å². The van der Waals surface area contributed by atoms with Crippen LogP contribution in [0.5, 0.6) is 0 Å². The fraction of sp³-hybridized carbons (Fsp3) is 0.259. The van der Waals surface area contributed by atoms with E-state index in [1.54, 1.807) is 24.3 Å². The highest BCUT2D eigenvalue weighted by Gasteiger charge is 2.45. The van der Waals surface area contributed by atoms with Crippen LogP contribution in [0.1, 0.15) is 24.8 Å². The Balaban J connectivity index is 1.24. The summed E-state index contributed by atoms with van der Waals surface area (Å²) in [5.74, 6) is -0.435. The summed E-state index contributed by atoms with van der Waals surface area (Å²) in [4.78, 5) is 29.3. The van der Waals surface area contributed by atoms with Gasteiger partial charge in [0.1, 0.15) is 0 Å². The fourth-order valence-corrected chi connectivity index (χ4v) is 4.97.